The van der Waals surface area contributed by atoms with Gasteiger partial charge in [-0.1, -0.05) is 48.7 Å². The summed E-state index contributed by atoms with van der Waals surface area (Å²) in [6, 6.07) is 11.0. The summed E-state index contributed by atoms with van der Waals surface area (Å²) in [6.07, 6.45) is 6.43. The maximum atomic E-state index is 12.2. The standard InChI is InChI=1S/C25H28N8O2S2/c1-16(13-22-30-32-24(36-22)28-20(34)14-18-7-3-5-11-26-18)9-10-17(2)23-31-33-25(37-23)29-21(35)15-19-8-4-6-12-27-19/h3-8,11-12,16-17H,9-10,13-15H2,1-2H3,(H,28,32,34)(H,29,33,35)/t16-,17+/m0/s1. The minimum absolute atomic E-state index is 0.160. The van der Waals surface area contributed by atoms with Crippen molar-refractivity contribution in [3.05, 3.63) is 70.2 Å². The van der Waals surface area contributed by atoms with Crippen LogP contribution in [0.5, 0.6) is 0 Å². The maximum Gasteiger partial charge on any atom is 0.232 e. The average Bonchev–Trinajstić information content (AvgIpc) is 3.53. The molecule has 0 aliphatic rings. The van der Waals surface area contributed by atoms with Crippen molar-refractivity contribution in [2.75, 3.05) is 10.6 Å². The van der Waals surface area contributed by atoms with E-state index in [1.807, 2.05) is 36.4 Å². The first-order chi connectivity index (χ1) is 17.9. The summed E-state index contributed by atoms with van der Waals surface area (Å²) in [5.41, 5.74) is 1.42. The van der Waals surface area contributed by atoms with E-state index in [1.165, 1.54) is 22.7 Å². The third-order valence-electron chi connectivity index (χ3n) is 5.57. The monoisotopic (exact) mass is 536 g/mol. The first kappa shape index (κ1) is 26.4. The van der Waals surface area contributed by atoms with Gasteiger partial charge < -0.3 is 10.6 Å². The molecule has 192 valence electrons. The number of amides is 2. The largest absolute Gasteiger partial charge is 0.300 e. The van der Waals surface area contributed by atoms with Crippen molar-refractivity contribution in [1.29, 1.82) is 0 Å². The lowest BCUT2D eigenvalue weighted by Gasteiger charge is -2.12. The normalized spacial score (nSPS) is 12.6. The van der Waals surface area contributed by atoms with Gasteiger partial charge in [0.05, 0.1) is 12.8 Å². The molecule has 4 aromatic heterocycles. The Morgan fingerprint density at radius 3 is 1.97 bits per heavy atom. The number of pyridine rings is 2. The molecule has 4 rings (SSSR count). The van der Waals surface area contributed by atoms with E-state index >= 15 is 0 Å². The Kier molecular flexibility index (Phi) is 9.33. The molecule has 2 atom stereocenters. The van der Waals surface area contributed by atoms with Gasteiger partial charge in [-0.3, -0.25) is 19.6 Å². The van der Waals surface area contributed by atoms with Crippen molar-refractivity contribution in [2.45, 2.75) is 51.9 Å². The average molecular weight is 537 g/mol. The highest BCUT2D eigenvalue weighted by molar-refractivity contribution is 7.15. The van der Waals surface area contributed by atoms with Crippen LogP contribution in [0.3, 0.4) is 0 Å². The first-order valence-corrected chi connectivity index (χ1v) is 13.6. The van der Waals surface area contributed by atoms with Crippen LogP contribution < -0.4 is 10.6 Å². The molecule has 0 aromatic carbocycles. The molecule has 0 unspecified atom stereocenters. The lowest BCUT2D eigenvalue weighted by Crippen LogP contribution is -2.14. The van der Waals surface area contributed by atoms with E-state index < -0.39 is 0 Å². The van der Waals surface area contributed by atoms with Crippen LogP contribution >= 0.6 is 22.7 Å². The number of aromatic nitrogens is 6. The van der Waals surface area contributed by atoms with Gasteiger partial charge >= 0.3 is 0 Å². The molecule has 0 spiro atoms. The van der Waals surface area contributed by atoms with Crippen LogP contribution in [0, 0.1) is 5.92 Å². The summed E-state index contributed by atoms with van der Waals surface area (Å²) in [5.74, 6) is 0.287. The first-order valence-electron chi connectivity index (χ1n) is 12.0. The fourth-order valence-corrected chi connectivity index (χ4v) is 5.35. The minimum Gasteiger partial charge on any atom is -0.300 e. The minimum atomic E-state index is -0.160. The zero-order valence-corrected chi connectivity index (χ0v) is 22.3. The molecule has 0 aliphatic heterocycles. The van der Waals surface area contributed by atoms with Crippen molar-refractivity contribution in [3.63, 3.8) is 0 Å². The summed E-state index contributed by atoms with van der Waals surface area (Å²) in [5, 5.41) is 25.2. The fraction of sp³-hybridized carbons (Fsp3) is 0.360. The van der Waals surface area contributed by atoms with Crippen LogP contribution in [0.2, 0.25) is 0 Å². The highest BCUT2D eigenvalue weighted by atomic mass is 32.1. The van der Waals surface area contributed by atoms with Gasteiger partial charge in [0.1, 0.15) is 10.0 Å². The smallest absolute Gasteiger partial charge is 0.232 e. The Bertz CT molecular complexity index is 1300. The number of nitrogens with one attached hydrogen (secondary N) is 2. The Balaban J connectivity index is 1.19. The van der Waals surface area contributed by atoms with E-state index in [0.29, 0.717) is 27.6 Å². The van der Waals surface area contributed by atoms with Crippen molar-refractivity contribution in [3.8, 4) is 0 Å². The zero-order valence-electron chi connectivity index (χ0n) is 20.6. The summed E-state index contributed by atoms with van der Waals surface area (Å²) in [7, 11) is 0. The van der Waals surface area contributed by atoms with E-state index in [-0.39, 0.29) is 30.6 Å². The van der Waals surface area contributed by atoms with Crippen LogP contribution in [0.25, 0.3) is 0 Å². The van der Waals surface area contributed by atoms with E-state index in [1.54, 1.807) is 12.4 Å². The number of anilines is 2. The summed E-state index contributed by atoms with van der Waals surface area (Å²) >= 11 is 2.81. The highest BCUT2D eigenvalue weighted by Crippen LogP contribution is 2.29. The van der Waals surface area contributed by atoms with Crippen molar-refractivity contribution in [1.82, 2.24) is 30.4 Å². The molecule has 2 N–H and O–H groups in total. The number of carbonyl (C=O) groups excluding carboxylic acids is 2. The zero-order chi connectivity index (χ0) is 26.0. The second-order valence-electron chi connectivity index (χ2n) is 8.83. The predicted molar refractivity (Wildman–Crippen MR) is 143 cm³/mol. The van der Waals surface area contributed by atoms with Gasteiger partial charge in [0.15, 0.2) is 0 Å². The third kappa shape index (κ3) is 8.46. The van der Waals surface area contributed by atoms with E-state index in [2.05, 4.69) is 54.8 Å². The van der Waals surface area contributed by atoms with Gasteiger partial charge in [-0.15, -0.1) is 20.4 Å². The van der Waals surface area contributed by atoms with Crippen molar-refractivity contribution < 1.29 is 9.59 Å². The molecular weight excluding hydrogens is 508 g/mol. The molecule has 0 aliphatic carbocycles. The number of rotatable bonds is 12. The van der Waals surface area contributed by atoms with Gasteiger partial charge in [-0.05, 0) is 43.0 Å². The third-order valence-corrected chi connectivity index (χ3v) is 7.50. The molecule has 12 heteroatoms. The van der Waals surface area contributed by atoms with Crippen LogP contribution in [0.4, 0.5) is 10.3 Å². The number of hydrogen-bond donors (Lipinski definition) is 2. The summed E-state index contributed by atoms with van der Waals surface area (Å²) in [4.78, 5) is 32.8. The van der Waals surface area contributed by atoms with Gasteiger partial charge in [0, 0.05) is 36.1 Å². The number of nitrogens with zero attached hydrogens (tertiary/aromatic N) is 6. The molecule has 4 aromatic rings. The second kappa shape index (κ2) is 13.1. The molecule has 0 bridgehead atoms. The predicted octanol–water partition coefficient (Wildman–Crippen LogP) is 4.30. The Hall–Kier alpha value is -3.64. The number of carbonyl (C=O) groups is 2. The summed E-state index contributed by atoms with van der Waals surface area (Å²) < 4.78 is 0. The molecule has 0 saturated carbocycles. The molecule has 0 saturated heterocycles. The van der Waals surface area contributed by atoms with E-state index in [4.69, 9.17) is 0 Å². The van der Waals surface area contributed by atoms with Gasteiger partial charge in [0.2, 0.25) is 22.1 Å². The van der Waals surface area contributed by atoms with Crippen molar-refractivity contribution in [2.24, 2.45) is 5.92 Å². The van der Waals surface area contributed by atoms with Crippen LogP contribution in [0.15, 0.2) is 48.8 Å². The van der Waals surface area contributed by atoms with Crippen LogP contribution in [-0.4, -0.2) is 42.2 Å². The maximum absolute atomic E-state index is 12.2. The molecular formula is C25H28N8O2S2. The Morgan fingerprint density at radius 1 is 0.784 bits per heavy atom. The lowest BCUT2D eigenvalue weighted by atomic mass is 9.96. The quantitative estimate of drug-likeness (QED) is 0.273. The van der Waals surface area contributed by atoms with Crippen molar-refractivity contribution >= 4 is 44.8 Å². The fourth-order valence-electron chi connectivity index (χ4n) is 3.59. The van der Waals surface area contributed by atoms with Gasteiger partial charge in [-0.2, -0.15) is 0 Å². The Morgan fingerprint density at radius 2 is 1.38 bits per heavy atom. The molecule has 0 radical (unpaired) electrons. The highest BCUT2D eigenvalue weighted by Gasteiger charge is 2.17. The molecule has 10 nitrogen and oxygen atoms in total. The molecule has 37 heavy (non-hydrogen) atoms. The number of hydrogen-bond acceptors (Lipinski definition) is 10. The molecule has 0 fully saturated rings. The van der Waals surface area contributed by atoms with Gasteiger partial charge in [-0.25, -0.2) is 0 Å². The SMILES string of the molecule is C[C@@H](CC[C@@H](C)c1nnc(NC(=O)Cc2ccccn2)s1)Cc1nnc(NC(=O)Cc2ccccn2)s1. The molecule has 4 heterocycles. The Labute approximate surface area is 223 Å². The lowest BCUT2D eigenvalue weighted by molar-refractivity contribution is -0.116. The van der Waals surface area contributed by atoms with Crippen LogP contribution in [0.1, 0.15) is 54.0 Å². The van der Waals surface area contributed by atoms with E-state index in [9.17, 15) is 9.59 Å². The topological polar surface area (TPSA) is 136 Å². The van der Waals surface area contributed by atoms with Crippen LogP contribution in [-0.2, 0) is 28.9 Å². The van der Waals surface area contributed by atoms with E-state index in [0.717, 1.165) is 29.3 Å². The second-order valence-corrected chi connectivity index (χ2v) is 10.9. The van der Waals surface area contributed by atoms with Gasteiger partial charge in [0.25, 0.3) is 0 Å². The molecule has 2 amide bonds. The summed E-state index contributed by atoms with van der Waals surface area (Å²) in [6.45, 7) is 4.30.